The summed E-state index contributed by atoms with van der Waals surface area (Å²) in [6.07, 6.45) is 8.75. The summed E-state index contributed by atoms with van der Waals surface area (Å²) in [6.45, 7) is 5.62. The van der Waals surface area contributed by atoms with Crippen molar-refractivity contribution >= 4 is 29.8 Å². The predicted octanol–water partition coefficient (Wildman–Crippen LogP) is 3.88. The van der Waals surface area contributed by atoms with E-state index in [-0.39, 0.29) is 5.91 Å². The topological polar surface area (TPSA) is 35.6 Å². The third-order valence-electron chi connectivity index (χ3n) is 5.19. The van der Waals surface area contributed by atoms with Crippen LogP contribution in [0.1, 0.15) is 11.1 Å². The molecule has 0 spiro atoms. The fourth-order valence-electron chi connectivity index (χ4n) is 3.42. The number of carbonyl (C=O) groups is 1. The van der Waals surface area contributed by atoms with Crippen molar-refractivity contribution in [1.29, 1.82) is 0 Å². The molecule has 1 amide bonds. The van der Waals surface area contributed by atoms with Gasteiger partial charge in [0.25, 0.3) is 0 Å². The molecule has 1 heterocycles. The molecule has 2 aromatic rings. The Balaban J connectivity index is 1.46. The van der Waals surface area contributed by atoms with Gasteiger partial charge in [-0.3, -0.25) is 9.69 Å². The lowest BCUT2D eigenvalue weighted by molar-refractivity contribution is -0.129. The SMILES string of the molecule is O=C(CNCCN(CC=Cc1ccccc1)CC=Cc1ccccc1)N1CCSCC1. The zero-order valence-corrected chi connectivity index (χ0v) is 19.0. The van der Waals surface area contributed by atoms with Crippen LogP contribution in [0.3, 0.4) is 0 Å². The molecular formula is C26H33N3OS. The summed E-state index contributed by atoms with van der Waals surface area (Å²) in [5.74, 6) is 2.34. The Labute approximate surface area is 191 Å². The molecule has 1 aliphatic rings. The number of thioether (sulfide) groups is 1. The Bertz CT molecular complexity index is 766. The molecule has 0 aromatic heterocycles. The second-order valence-corrected chi connectivity index (χ2v) is 8.78. The van der Waals surface area contributed by atoms with Gasteiger partial charge in [0.2, 0.25) is 5.91 Å². The van der Waals surface area contributed by atoms with Gasteiger partial charge >= 0.3 is 0 Å². The molecule has 0 bridgehead atoms. The van der Waals surface area contributed by atoms with Crippen molar-refractivity contribution in [2.24, 2.45) is 0 Å². The zero-order valence-electron chi connectivity index (χ0n) is 18.2. The molecule has 0 atom stereocenters. The molecule has 5 heteroatoms. The van der Waals surface area contributed by atoms with E-state index in [4.69, 9.17) is 0 Å². The molecular weight excluding hydrogens is 402 g/mol. The fraction of sp³-hybridized carbons (Fsp3) is 0.346. The molecule has 0 saturated carbocycles. The molecule has 1 fully saturated rings. The standard InChI is InChI=1S/C26H33N3OS/c30-26(29-19-21-31-22-20-29)23-27-15-18-28(16-7-13-24-9-3-1-4-10-24)17-8-14-25-11-5-2-6-12-25/h1-14,27H,15-23H2. The van der Waals surface area contributed by atoms with Gasteiger partial charge in [-0.1, -0.05) is 85.0 Å². The Hall–Kier alpha value is -2.34. The monoisotopic (exact) mass is 435 g/mol. The van der Waals surface area contributed by atoms with Crippen molar-refractivity contribution in [3.05, 3.63) is 83.9 Å². The number of amides is 1. The van der Waals surface area contributed by atoms with Crippen molar-refractivity contribution in [3.8, 4) is 0 Å². The molecule has 0 aliphatic carbocycles. The Morgan fingerprint density at radius 3 is 2.00 bits per heavy atom. The number of nitrogens with one attached hydrogen (secondary N) is 1. The van der Waals surface area contributed by atoms with Gasteiger partial charge in [0.05, 0.1) is 6.54 Å². The number of hydrogen-bond donors (Lipinski definition) is 1. The number of hydrogen-bond acceptors (Lipinski definition) is 4. The number of carbonyl (C=O) groups excluding carboxylic acids is 1. The maximum atomic E-state index is 12.3. The Morgan fingerprint density at radius 1 is 0.903 bits per heavy atom. The second kappa shape index (κ2) is 13.9. The largest absolute Gasteiger partial charge is 0.340 e. The van der Waals surface area contributed by atoms with Gasteiger partial charge in [-0.25, -0.2) is 0 Å². The Kier molecular flexibility index (Phi) is 10.4. The minimum absolute atomic E-state index is 0.222. The van der Waals surface area contributed by atoms with Crippen molar-refractivity contribution in [1.82, 2.24) is 15.1 Å². The maximum absolute atomic E-state index is 12.3. The lowest BCUT2D eigenvalue weighted by atomic mass is 10.2. The van der Waals surface area contributed by atoms with E-state index in [9.17, 15) is 4.79 Å². The van der Waals surface area contributed by atoms with Gasteiger partial charge in [-0.05, 0) is 11.1 Å². The highest BCUT2D eigenvalue weighted by Gasteiger charge is 2.15. The minimum atomic E-state index is 0.222. The van der Waals surface area contributed by atoms with Crippen LogP contribution in [0.4, 0.5) is 0 Å². The van der Waals surface area contributed by atoms with Crippen LogP contribution in [0.15, 0.2) is 72.8 Å². The molecule has 3 rings (SSSR count). The molecule has 1 saturated heterocycles. The average molecular weight is 436 g/mol. The first-order valence-electron chi connectivity index (χ1n) is 11.0. The lowest BCUT2D eigenvalue weighted by Crippen LogP contribution is -2.44. The van der Waals surface area contributed by atoms with Crippen LogP contribution in [-0.2, 0) is 4.79 Å². The van der Waals surface area contributed by atoms with E-state index in [0.29, 0.717) is 6.54 Å². The number of nitrogens with zero attached hydrogens (tertiary/aromatic N) is 2. The summed E-state index contributed by atoms with van der Waals surface area (Å²) < 4.78 is 0. The molecule has 1 N–H and O–H groups in total. The number of rotatable bonds is 11. The third kappa shape index (κ3) is 9.13. The minimum Gasteiger partial charge on any atom is -0.340 e. The van der Waals surface area contributed by atoms with Gasteiger partial charge in [0, 0.05) is 50.8 Å². The highest BCUT2D eigenvalue weighted by molar-refractivity contribution is 7.99. The maximum Gasteiger partial charge on any atom is 0.236 e. The van der Waals surface area contributed by atoms with E-state index >= 15 is 0 Å². The van der Waals surface area contributed by atoms with Gasteiger partial charge < -0.3 is 10.2 Å². The molecule has 4 nitrogen and oxygen atoms in total. The summed E-state index contributed by atoms with van der Waals surface area (Å²) in [6, 6.07) is 20.8. The van der Waals surface area contributed by atoms with Crippen LogP contribution in [-0.4, -0.2) is 73.0 Å². The predicted molar refractivity (Wildman–Crippen MR) is 134 cm³/mol. The quantitative estimate of drug-likeness (QED) is 0.544. The van der Waals surface area contributed by atoms with Gasteiger partial charge in [-0.15, -0.1) is 0 Å². The summed E-state index contributed by atoms with van der Waals surface area (Å²) >= 11 is 1.93. The molecule has 164 valence electrons. The van der Waals surface area contributed by atoms with Crippen molar-refractivity contribution < 1.29 is 4.79 Å². The van der Waals surface area contributed by atoms with Crippen LogP contribution < -0.4 is 5.32 Å². The van der Waals surface area contributed by atoms with E-state index in [1.54, 1.807) is 0 Å². The molecule has 1 aliphatic heterocycles. The van der Waals surface area contributed by atoms with E-state index in [2.05, 4.69) is 83.1 Å². The van der Waals surface area contributed by atoms with Gasteiger partial charge in [0.1, 0.15) is 0 Å². The smallest absolute Gasteiger partial charge is 0.236 e. The highest BCUT2D eigenvalue weighted by Crippen LogP contribution is 2.08. The van der Waals surface area contributed by atoms with E-state index in [1.807, 2.05) is 28.8 Å². The molecule has 2 aromatic carbocycles. The summed E-state index contributed by atoms with van der Waals surface area (Å²) in [5, 5.41) is 3.34. The van der Waals surface area contributed by atoms with E-state index < -0.39 is 0 Å². The third-order valence-corrected chi connectivity index (χ3v) is 6.13. The van der Waals surface area contributed by atoms with Crippen LogP contribution in [0.5, 0.6) is 0 Å². The summed E-state index contributed by atoms with van der Waals surface area (Å²) in [5.41, 5.74) is 2.43. The first-order valence-corrected chi connectivity index (χ1v) is 12.2. The first-order chi connectivity index (χ1) is 15.3. The lowest BCUT2D eigenvalue weighted by Gasteiger charge is -2.26. The first kappa shape index (κ1) is 23.3. The normalized spacial score (nSPS) is 14.7. The highest BCUT2D eigenvalue weighted by atomic mass is 32.2. The van der Waals surface area contributed by atoms with Gasteiger partial charge in [0.15, 0.2) is 0 Å². The van der Waals surface area contributed by atoms with Crippen LogP contribution in [0, 0.1) is 0 Å². The van der Waals surface area contributed by atoms with Crippen molar-refractivity contribution in [2.75, 3.05) is 57.3 Å². The Morgan fingerprint density at radius 2 is 1.45 bits per heavy atom. The zero-order chi connectivity index (χ0) is 21.6. The van der Waals surface area contributed by atoms with Crippen LogP contribution in [0.2, 0.25) is 0 Å². The van der Waals surface area contributed by atoms with E-state index in [1.165, 1.54) is 11.1 Å². The van der Waals surface area contributed by atoms with Crippen LogP contribution >= 0.6 is 11.8 Å². The summed E-state index contributed by atoms with van der Waals surface area (Å²) in [7, 11) is 0. The van der Waals surface area contributed by atoms with Crippen LogP contribution in [0.25, 0.3) is 12.2 Å². The number of benzene rings is 2. The second-order valence-electron chi connectivity index (χ2n) is 7.56. The van der Waals surface area contributed by atoms with E-state index in [0.717, 1.165) is 50.8 Å². The molecule has 0 unspecified atom stereocenters. The summed E-state index contributed by atoms with van der Waals surface area (Å²) in [4.78, 5) is 16.7. The van der Waals surface area contributed by atoms with Crippen molar-refractivity contribution in [2.45, 2.75) is 0 Å². The fourth-order valence-corrected chi connectivity index (χ4v) is 4.32. The average Bonchev–Trinajstić information content (AvgIpc) is 2.83. The van der Waals surface area contributed by atoms with Gasteiger partial charge in [-0.2, -0.15) is 11.8 Å². The molecule has 0 radical (unpaired) electrons. The molecule has 31 heavy (non-hydrogen) atoms. The van der Waals surface area contributed by atoms with Crippen molar-refractivity contribution in [3.63, 3.8) is 0 Å².